The third-order valence-corrected chi connectivity index (χ3v) is 8.45. The minimum atomic E-state index is -3.45. The second kappa shape index (κ2) is 11.7. The van der Waals surface area contributed by atoms with Crippen LogP contribution in [0, 0.1) is 22.7 Å². The highest BCUT2D eigenvalue weighted by molar-refractivity contribution is 7.91. The Morgan fingerprint density at radius 1 is 1.06 bits per heavy atom. The normalized spacial score (nSPS) is 15.5. The molecule has 2 amide bonds. The van der Waals surface area contributed by atoms with Crippen LogP contribution in [0.2, 0.25) is 0 Å². The monoisotopic (exact) mass is 509 g/mol. The third kappa shape index (κ3) is 7.92. The van der Waals surface area contributed by atoms with Crippen LogP contribution in [0.1, 0.15) is 64.0 Å². The van der Waals surface area contributed by atoms with Gasteiger partial charge in [-0.2, -0.15) is 5.26 Å². The molecule has 192 valence electrons. The minimum Gasteiger partial charge on any atom is -0.344 e. The standard InChI is InChI=1S/C28H35N3O4S/c1-28(2,3)19-36(34,35)24-14-12-23(13-15-24)30-27(33)25(17-20-8-7-9-21(16-20)18-29)31-26(32)22-10-5-4-6-11-22/h7-9,12-16,22,25H,4-6,10-11,17,19H2,1-3H3,(H,30,33)(H,31,32)/t25-/m0/s1. The van der Waals surface area contributed by atoms with Crippen LogP contribution in [0.15, 0.2) is 53.4 Å². The van der Waals surface area contributed by atoms with Gasteiger partial charge in [0.25, 0.3) is 0 Å². The number of rotatable bonds is 8. The zero-order valence-electron chi connectivity index (χ0n) is 21.2. The van der Waals surface area contributed by atoms with Crippen LogP contribution in [0.3, 0.4) is 0 Å². The van der Waals surface area contributed by atoms with Gasteiger partial charge in [-0.05, 0) is 60.2 Å². The van der Waals surface area contributed by atoms with Gasteiger partial charge in [0, 0.05) is 18.0 Å². The van der Waals surface area contributed by atoms with Crippen molar-refractivity contribution in [3.8, 4) is 6.07 Å². The van der Waals surface area contributed by atoms with Crippen LogP contribution in [0.4, 0.5) is 5.69 Å². The number of benzene rings is 2. The van der Waals surface area contributed by atoms with Gasteiger partial charge in [0.15, 0.2) is 9.84 Å². The molecular weight excluding hydrogens is 474 g/mol. The summed E-state index contributed by atoms with van der Waals surface area (Å²) in [6, 6.07) is 14.3. The van der Waals surface area contributed by atoms with E-state index in [1.807, 2.05) is 26.8 Å². The molecule has 0 aromatic heterocycles. The summed E-state index contributed by atoms with van der Waals surface area (Å²) in [5.74, 6) is -0.614. The predicted molar refractivity (Wildman–Crippen MR) is 140 cm³/mol. The first-order valence-corrected chi connectivity index (χ1v) is 14.1. The van der Waals surface area contributed by atoms with Crippen LogP contribution in [0.5, 0.6) is 0 Å². The fourth-order valence-corrected chi connectivity index (χ4v) is 6.35. The first kappa shape index (κ1) is 27.4. The second-order valence-electron chi connectivity index (χ2n) is 10.7. The van der Waals surface area contributed by atoms with Crippen LogP contribution >= 0.6 is 0 Å². The lowest BCUT2D eigenvalue weighted by atomic mass is 9.88. The first-order chi connectivity index (χ1) is 17.0. The lowest BCUT2D eigenvalue weighted by Crippen LogP contribution is -2.47. The quantitative estimate of drug-likeness (QED) is 0.538. The molecule has 2 N–H and O–H groups in total. The van der Waals surface area contributed by atoms with Crippen molar-refractivity contribution in [3.63, 3.8) is 0 Å². The van der Waals surface area contributed by atoms with E-state index in [1.165, 1.54) is 12.1 Å². The van der Waals surface area contributed by atoms with Gasteiger partial charge in [-0.1, -0.05) is 52.2 Å². The number of carbonyl (C=O) groups excluding carboxylic acids is 2. The molecule has 0 spiro atoms. The molecule has 8 heteroatoms. The van der Waals surface area contributed by atoms with Crippen LogP contribution in [-0.2, 0) is 25.8 Å². The fraction of sp³-hybridized carbons (Fsp3) is 0.464. The number of amides is 2. The first-order valence-electron chi connectivity index (χ1n) is 12.4. The summed E-state index contributed by atoms with van der Waals surface area (Å²) in [4.78, 5) is 26.4. The number of hydrogen-bond acceptors (Lipinski definition) is 5. The van der Waals surface area contributed by atoms with E-state index in [-0.39, 0.29) is 34.3 Å². The molecule has 2 aromatic carbocycles. The number of nitrogens with one attached hydrogen (secondary N) is 2. The summed E-state index contributed by atoms with van der Waals surface area (Å²) < 4.78 is 25.3. The van der Waals surface area contributed by atoms with Gasteiger partial charge in [-0.3, -0.25) is 9.59 Å². The van der Waals surface area contributed by atoms with E-state index >= 15 is 0 Å². The lowest BCUT2D eigenvalue weighted by molar-refractivity contribution is -0.130. The third-order valence-electron chi connectivity index (χ3n) is 6.21. The van der Waals surface area contributed by atoms with Gasteiger partial charge in [0.2, 0.25) is 11.8 Å². The summed E-state index contributed by atoms with van der Waals surface area (Å²) in [6.07, 6.45) is 4.99. The van der Waals surface area contributed by atoms with Crippen molar-refractivity contribution >= 4 is 27.3 Å². The molecule has 1 saturated carbocycles. The number of anilines is 1. The smallest absolute Gasteiger partial charge is 0.247 e. The Hall–Kier alpha value is -3.18. The molecule has 1 atom stereocenters. The van der Waals surface area contributed by atoms with Gasteiger partial charge < -0.3 is 10.6 Å². The Kier molecular flexibility index (Phi) is 8.91. The average Bonchev–Trinajstić information content (AvgIpc) is 2.83. The molecule has 0 heterocycles. The van der Waals surface area contributed by atoms with Crippen molar-refractivity contribution < 1.29 is 18.0 Å². The number of nitrogens with zero attached hydrogens (tertiary/aromatic N) is 1. The molecule has 0 unspecified atom stereocenters. The Morgan fingerprint density at radius 3 is 2.33 bits per heavy atom. The van der Waals surface area contributed by atoms with Gasteiger partial charge in [0.05, 0.1) is 22.3 Å². The Bertz CT molecular complexity index is 1220. The van der Waals surface area contributed by atoms with Gasteiger partial charge in [0.1, 0.15) is 6.04 Å². The van der Waals surface area contributed by atoms with E-state index in [4.69, 9.17) is 0 Å². The topological polar surface area (TPSA) is 116 Å². The molecule has 1 fully saturated rings. The van der Waals surface area contributed by atoms with Crippen LogP contribution in [0.25, 0.3) is 0 Å². The van der Waals surface area contributed by atoms with Crippen molar-refractivity contribution in [2.75, 3.05) is 11.1 Å². The number of carbonyl (C=O) groups is 2. The van der Waals surface area contributed by atoms with E-state index in [0.29, 0.717) is 11.3 Å². The van der Waals surface area contributed by atoms with Crippen molar-refractivity contribution in [2.45, 2.75) is 70.2 Å². The molecule has 2 aromatic rings. The molecule has 7 nitrogen and oxygen atoms in total. The molecule has 0 saturated heterocycles. The van der Waals surface area contributed by atoms with E-state index in [2.05, 4.69) is 16.7 Å². The Labute approximate surface area is 214 Å². The molecule has 1 aliphatic rings. The van der Waals surface area contributed by atoms with Crippen LogP contribution in [-0.4, -0.2) is 32.0 Å². The summed E-state index contributed by atoms with van der Waals surface area (Å²) in [5, 5.41) is 15.0. The zero-order valence-corrected chi connectivity index (χ0v) is 22.0. The van der Waals surface area contributed by atoms with Crippen molar-refractivity contribution in [2.24, 2.45) is 11.3 Å². The van der Waals surface area contributed by atoms with E-state index in [9.17, 15) is 23.3 Å². The summed E-state index contributed by atoms with van der Waals surface area (Å²) in [5.41, 5.74) is 1.31. The summed E-state index contributed by atoms with van der Waals surface area (Å²) in [7, 11) is -3.45. The fourth-order valence-electron chi connectivity index (χ4n) is 4.50. The van der Waals surface area contributed by atoms with Gasteiger partial charge in [-0.25, -0.2) is 8.42 Å². The number of nitriles is 1. The van der Waals surface area contributed by atoms with Crippen LogP contribution < -0.4 is 10.6 Å². The molecular formula is C28H35N3O4S. The molecule has 0 bridgehead atoms. The number of sulfone groups is 1. The highest BCUT2D eigenvalue weighted by Gasteiger charge is 2.28. The maximum Gasteiger partial charge on any atom is 0.247 e. The van der Waals surface area contributed by atoms with E-state index in [0.717, 1.165) is 37.7 Å². The van der Waals surface area contributed by atoms with Gasteiger partial charge in [-0.15, -0.1) is 0 Å². The SMILES string of the molecule is CC(C)(C)CS(=O)(=O)c1ccc(NC(=O)[C@H](Cc2cccc(C#N)c2)NC(=O)C2CCCCC2)cc1. The van der Waals surface area contributed by atoms with Crippen molar-refractivity contribution in [3.05, 3.63) is 59.7 Å². The highest BCUT2D eigenvalue weighted by Crippen LogP contribution is 2.25. The Balaban J connectivity index is 1.76. The lowest BCUT2D eigenvalue weighted by Gasteiger charge is -2.25. The van der Waals surface area contributed by atoms with Gasteiger partial charge >= 0.3 is 0 Å². The summed E-state index contributed by atoms with van der Waals surface area (Å²) in [6.45, 7) is 5.60. The largest absolute Gasteiger partial charge is 0.344 e. The van der Waals surface area contributed by atoms with E-state index < -0.39 is 21.8 Å². The predicted octanol–water partition coefficient (Wildman–Crippen LogP) is 4.62. The second-order valence-corrected chi connectivity index (χ2v) is 12.7. The highest BCUT2D eigenvalue weighted by atomic mass is 32.2. The molecule has 36 heavy (non-hydrogen) atoms. The molecule has 1 aliphatic carbocycles. The maximum atomic E-state index is 13.3. The molecule has 0 radical (unpaired) electrons. The molecule has 0 aliphatic heterocycles. The maximum absolute atomic E-state index is 13.3. The van der Waals surface area contributed by atoms with E-state index in [1.54, 1.807) is 30.3 Å². The minimum absolute atomic E-state index is 0.0166. The number of hydrogen-bond donors (Lipinski definition) is 2. The summed E-state index contributed by atoms with van der Waals surface area (Å²) >= 11 is 0. The Morgan fingerprint density at radius 2 is 1.72 bits per heavy atom. The average molecular weight is 510 g/mol. The van der Waals surface area contributed by atoms with Crippen molar-refractivity contribution in [1.82, 2.24) is 5.32 Å². The zero-order chi connectivity index (χ0) is 26.3. The molecule has 3 rings (SSSR count). The van der Waals surface area contributed by atoms with Crippen molar-refractivity contribution in [1.29, 1.82) is 5.26 Å².